The van der Waals surface area contributed by atoms with E-state index in [9.17, 15) is 4.79 Å². The molecule has 0 saturated carbocycles. The van der Waals surface area contributed by atoms with Crippen LogP contribution in [-0.4, -0.2) is 59.1 Å². The molecule has 1 saturated heterocycles. The largest absolute Gasteiger partial charge is 0.476 e. The Labute approximate surface area is 87.6 Å². The zero-order chi connectivity index (χ0) is 10.3. The minimum atomic E-state index is -0.866. The molecule has 0 aromatic carbocycles. The van der Waals surface area contributed by atoms with Gasteiger partial charge in [-0.2, -0.15) is 0 Å². The number of carboxylic acid groups (broad SMARTS) is 1. The molecule has 0 aliphatic carbocycles. The van der Waals surface area contributed by atoms with Crippen molar-refractivity contribution in [3.05, 3.63) is 0 Å². The molecular weight excluding hydrogens is 200 g/mol. The number of likely N-dealkylation sites (tertiary alicyclic amines) is 1. The third kappa shape index (κ3) is 1.79. The van der Waals surface area contributed by atoms with E-state index in [1.165, 1.54) is 11.8 Å². The number of hydrogen-bond acceptors (Lipinski definition) is 3. The number of carboxylic acids is 1. The number of hydrogen-bond donors (Lipinski definition) is 1. The highest BCUT2D eigenvalue weighted by Gasteiger charge is 2.41. The molecule has 5 heteroatoms. The Morgan fingerprint density at radius 3 is 3.00 bits per heavy atom. The van der Waals surface area contributed by atoms with Gasteiger partial charge in [-0.1, -0.05) is 11.8 Å². The molecule has 2 atom stereocenters. The van der Waals surface area contributed by atoms with Gasteiger partial charge in [-0.15, -0.1) is 0 Å². The van der Waals surface area contributed by atoms with Gasteiger partial charge < -0.3 is 9.59 Å². The minimum Gasteiger partial charge on any atom is -0.476 e. The molecule has 1 fully saturated rings. The van der Waals surface area contributed by atoms with Crippen LogP contribution in [0.4, 0.5) is 0 Å². The van der Waals surface area contributed by atoms with Crippen LogP contribution in [0.2, 0.25) is 0 Å². The maximum Gasteiger partial charge on any atom is 0.360 e. The van der Waals surface area contributed by atoms with Crippen LogP contribution in [0.15, 0.2) is 4.99 Å². The fourth-order valence-corrected chi connectivity index (χ4v) is 3.48. The van der Waals surface area contributed by atoms with Crippen LogP contribution in [-0.2, 0) is 4.79 Å². The van der Waals surface area contributed by atoms with E-state index >= 15 is 0 Å². The Morgan fingerprint density at radius 2 is 2.36 bits per heavy atom. The number of nitrogens with zero attached hydrogens (tertiary/aromatic N) is 2. The summed E-state index contributed by atoms with van der Waals surface area (Å²) in [6.45, 7) is 2.12. The molecule has 1 N–H and O–H groups in total. The van der Waals surface area contributed by atoms with Crippen LogP contribution >= 0.6 is 11.8 Å². The normalized spacial score (nSPS) is 34.9. The standard InChI is InChI=1S/C9H14N2O2S/c1-11(2)4-3-6-7(5-11)14-8(10-6)9(12)13/h6-7H,3-5H2,1-2H3/p+1. The summed E-state index contributed by atoms with van der Waals surface area (Å²) in [6, 6.07) is 0.247. The van der Waals surface area contributed by atoms with Gasteiger partial charge in [0.2, 0.25) is 0 Å². The minimum absolute atomic E-state index is 0.247. The molecule has 2 aliphatic rings. The monoisotopic (exact) mass is 215 g/mol. The highest BCUT2D eigenvalue weighted by atomic mass is 32.2. The molecule has 0 spiro atoms. The Hall–Kier alpha value is -0.550. The summed E-state index contributed by atoms with van der Waals surface area (Å²) >= 11 is 1.44. The highest BCUT2D eigenvalue weighted by molar-refractivity contribution is 8.16. The molecule has 0 aromatic heterocycles. The van der Waals surface area contributed by atoms with E-state index in [1.807, 2.05) is 0 Å². The summed E-state index contributed by atoms with van der Waals surface area (Å²) < 4.78 is 0.983. The maximum atomic E-state index is 10.7. The number of aliphatic carboxylic acids is 1. The summed E-state index contributed by atoms with van der Waals surface area (Å²) in [5, 5.41) is 9.52. The van der Waals surface area contributed by atoms with Gasteiger partial charge in [-0.3, -0.25) is 4.99 Å². The van der Waals surface area contributed by atoms with E-state index in [0.29, 0.717) is 10.3 Å². The Bertz CT molecular complexity index is 301. The molecule has 2 rings (SSSR count). The quantitative estimate of drug-likeness (QED) is 0.645. The van der Waals surface area contributed by atoms with E-state index < -0.39 is 5.97 Å². The lowest BCUT2D eigenvalue weighted by molar-refractivity contribution is -0.894. The van der Waals surface area contributed by atoms with E-state index in [2.05, 4.69) is 19.1 Å². The molecule has 0 amide bonds. The van der Waals surface area contributed by atoms with Crippen molar-refractivity contribution < 1.29 is 14.4 Å². The number of carbonyl (C=O) groups is 1. The number of fused-ring (bicyclic) bond motifs is 1. The van der Waals surface area contributed by atoms with Gasteiger partial charge in [0, 0.05) is 6.42 Å². The molecule has 2 heterocycles. The number of piperidine rings is 1. The highest BCUT2D eigenvalue weighted by Crippen LogP contribution is 2.34. The predicted molar refractivity (Wildman–Crippen MR) is 56.7 cm³/mol. The van der Waals surface area contributed by atoms with Crippen molar-refractivity contribution >= 4 is 22.8 Å². The lowest BCUT2D eigenvalue weighted by Gasteiger charge is -2.38. The molecule has 4 nitrogen and oxygen atoms in total. The van der Waals surface area contributed by atoms with E-state index in [0.717, 1.165) is 24.0 Å². The van der Waals surface area contributed by atoms with Crippen molar-refractivity contribution in [2.24, 2.45) is 4.99 Å². The Kier molecular flexibility index (Phi) is 2.31. The SMILES string of the molecule is C[N+]1(C)CCC2N=C(C(=O)O)SC2C1. The van der Waals surface area contributed by atoms with Crippen molar-refractivity contribution in [3.63, 3.8) is 0 Å². The summed E-state index contributed by atoms with van der Waals surface area (Å²) in [5.74, 6) is -0.866. The zero-order valence-electron chi connectivity index (χ0n) is 8.43. The molecular formula is C9H15N2O2S+. The van der Waals surface area contributed by atoms with Crippen LogP contribution in [0.5, 0.6) is 0 Å². The Balaban J connectivity index is 2.09. The first kappa shape index (κ1) is 9.98. The molecule has 14 heavy (non-hydrogen) atoms. The van der Waals surface area contributed by atoms with Crippen molar-refractivity contribution in [2.75, 3.05) is 27.2 Å². The van der Waals surface area contributed by atoms with Gasteiger partial charge in [0.1, 0.15) is 0 Å². The summed E-state index contributed by atoms with van der Waals surface area (Å²) in [6.07, 6.45) is 1.02. The molecule has 2 unspecified atom stereocenters. The molecule has 78 valence electrons. The first-order valence-electron chi connectivity index (χ1n) is 4.78. The van der Waals surface area contributed by atoms with Crippen LogP contribution in [0.1, 0.15) is 6.42 Å². The number of quaternary nitrogens is 1. The van der Waals surface area contributed by atoms with E-state index in [1.54, 1.807) is 0 Å². The molecule has 0 aromatic rings. The van der Waals surface area contributed by atoms with Crippen LogP contribution in [0.3, 0.4) is 0 Å². The Morgan fingerprint density at radius 1 is 1.64 bits per heavy atom. The van der Waals surface area contributed by atoms with Crippen molar-refractivity contribution in [1.82, 2.24) is 0 Å². The zero-order valence-corrected chi connectivity index (χ0v) is 9.25. The van der Waals surface area contributed by atoms with E-state index in [4.69, 9.17) is 5.11 Å². The first-order valence-corrected chi connectivity index (χ1v) is 5.66. The van der Waals surface area contributed by atoms with Crippen LogP contribution < -0.4 is 0 Å². The number of rotatable bonds is 1. The fourth-order valence-electron chi connectivity index (χ4n) is 2.06. The second-order valence-corrected chi connectivity index (χ2v) is 5.82. The van der Waals surface area contributed by atoms with Gasteiger partial charge in [0.05, 0.1) is 38.5 Å². The topological polar surface area (TPSA) is 49.7 Å². The third-order valence-corrected chi connectivity index (χ3v) is 4.13. The predicted octanol–water partition coefficient (Wildman–Crippen LogP) is 0.434. The van der Waals surface area contributed by atoms with Gasteiger partial charge in [0.15, 0.2) is 5.04 Å². The maximum absolute atomic E-state index is 10.7. The molecule has 2 aliphatic heterocycles. The first-order chi connectivity index (χ1) is 6.48. The van der Waals surface area contributed by atoms with Crippen molar-refractivity contribution in [3.8, 4) is 0 Å². The average molecular weight is 215 g/mol. The molecule has 0 radical (unpaired) electrons. The summed E-state index contributed by atoms with van der Waals surface area (Å²) in [7, 11) is 4.38. The summed E-state index contributed by atoms with van der Waals surface area (Å²) in [4.78, 5) is 15.0. The second kappa shape index (κ2) is 3.24. The second-order valence-electron chi connectivity index (χ2n) is 4.59. The van der Waals surface area contributed by atoms with E-state index in [-0.39, 0.29) is 6.04 Å². The van der Waals surface area contributed by atoms with Crippen molar-refractivity contribution in [1.29, 1.82) is 0 Å². The van der Waals surface area contributed by atoms with Gasteiger partial charge >= 0.3 is 5.97 Å². The average Bonchev–Trinajstić information content (AvgIpc) is 2.45. The smallest absolute Gasteiger partial charge is 0.360 e. The summed E-state index contributed by atoms with van der Waals surface area (Å²) in [5.41, 5.74) is 0. The van der Waals surface area contributed by atoms with Crippen LogP contribution in [0, 0.1) is 0 Å². The lowest BCUT2D eigenvalue weighted by Crippen LogP contribution is -2.52. The van der Waals surface area contributed by atoms with Gasteiger partial charge in [-0.05, 0) is 0 Å². The molecule has 0 bridgehead atoms. The van der Waals surface area contributed by atoms with Crippen molar-refractivity contribution in [2.45, 2.75) is 17.7 Å². The third-order valence-electron chi connectivity index (χ3n) is 2.86. The number of thioether (sulfide) groups is 1. The lowest BCUT2D eigenvalue weighted by atomic mass is 10.0. The number of aliphatic imine (C=N–C) groups is 1. The van der Waals surface area contributed by atoms with Gasteiger partial charge in [-0.25, -0.2) is 4.79 Å². The van der Waals surface area contributed by atoms with Crippen LogP contribution in [0.25, 0.3) is 0 Å². The fraction of sp³-hybridized carbons (Fsp3) is 0.778. The van der Waals surface area contributed by atoms with Gasteiger partial charge in [0.25, 0.3) is 0 Å².